The average Bonchev–Trinajstić information content (AvgIpc) is 3.23. The number of fused-ring (bicyclic) bond motifs is 1. The Balaban J connectivity index is 1.92. The molecule has 0 fully saturated rings. The number of methoxy groups -OCH3 is 2. The molecule has 39 heavy (non-hydrogen) atoms. The minimum Gasteiger partial charge on any atom is -0.490 e. The Labute approximate surface area is 240 Å². The highest BCUT2D eigenvalue weighted by molar-refractivity contribution is 14.1. The fourth-order valence-corrected chi connectivity index (χ4v) is 5.98. The highest BCUT2D eigenvalue weighted by Crippen LogP contribution is 2.35. The third-order valence-corrected chi connectivity index (χ3v) is 7.55. The van der Waals surface area contributed by atoms with E-state index in [9.17, 15) is 19.7 Å². The number of carbonyl (C=O) groups excluding carboxylic acids is 1. The molecule has 0 aliphatic carbocycles. The number of ether oxygens (including phenoxy) is 4. The zero-order valence-electron chi connectivity index (χ0n) is 21.4. The summed E-state index contributed by atoms with van der Waals surface area (Å²) in [5.74, 6) is 0.517. The summed E-state index contributed by atoms with van der Waals surface area (Å²) in [5, 5.41) is 11.6. The van der Waals surface area contributed by atoms with Gasteiger partial charge in [-0.15, -0.1) is 0 Å². The predicted molar refractivity (Wildman–Crippen MR) is 152 cm³/mol. The summed E-state index contributed by atoms with van der Waals surface area (Å²) < 4.78 is 23.8. The fraction of sp³-hybridized carbons (Fsp3) is 0.269. The van der Waals surface area contributed by atoms with Crippen molar-refractivity contribution in [3.63, 3.8) is 0 Å². The number of aromatic nitrogens is 1. The minimum absolute atomic E-state index is 0.141. The maximum absolute atomic E-state index is 13.8. The largest absolute Gasteiger partial charge is 0.490 e. The van der Waals surface area contributed by atoms with E-state index in [2.05, 4.69) is 4.99 Å². The minimum atomic E-state index is -0.851. The lowest BCUT2D eigenvalue weighted by Crippen LogP contribution is -2.39. The van der Waals surface area contributed by atoms with Crippen LogP contribution in [-0.4, -0.2) is 42.9 Å². The van der Waals surface area contributed by atoms with Gasteiger partial charge in [-0.1, -0.05) is 17.4 Å². The zero-order chi connectivity index (χ0) is 28.3. The standard InChI is InChI=1S/C26H24IN3O8S/c1-5-37-19-8-7-15(12-20(19)38-6-2)22-16(25(32)36-4)13-28-26-29(22)24(31)21(39-26)11-14-9-17(27)23(35-3)18(10-14)30(33)34/h7-13,22H,5-6H2,1-4H3/b21-11-/t22-/m0/s1. The van der Waals surface area contributed by atoms with E-state index in [0.29, 0.717) is 44.2 Å². The van der Waals surface area contributed by atoms with Gasteiger partial charge in [-0.25, -0.2) is 9.79 Å². The number of halogens is 1. The Morgan fingerprint density at radius 3 is 2.54 bits per heavy atom. The summed E-state index contributed by atoms with van der Waals surface area (Å²) in [7, 11) is 2.62. The van der Waals surface area contributed by atoms with Gasteiger partial charge in [-0.3, -0.25) is 19.5 Å². The van der Waals surface area contributed by atoms with E-state index in [1.807, 2.05) is 36.4 Å². The van der Waals surface area contributed by atoms with Crippen LogP contribution in [0.2, 0.25) is 0 Å². The number of nitrogens with zero attached hydrogens (tertiary/aromatic N) is 3. The number of thiazole rings is 1. The molecule has 0 saturated heterocycles. The lowest BCUT2D eigenvalue weighted by molar-refractivity contribution is -0.385. The van der Waals surface area contributed by atoms with E-state index in [1.165, 1.54) is 31.1 Å². The van der Waals surface area contributed by atoms with Crippen LogP contribution in [0, 0.1) is 13.7 Å². The molecule has 0 N–H and O–H groups in total. The topological polar surface area (TPSA) is 131 Å². The summed E-state index contributed by atoms with van der Waals surface area (Å²) in [4.78, 5) is 42.3. The fourth-order valence-electron chi connectivity index (χ4n) is 4.16. The number of carbonyl (C=O) groups is 1. The van der Waals surface area contributed by atoms with E-state index in [-0.39, 0.29) is 21.5 Å². The van der Waals surface area contributed by atoms with E-state index in [4.69, 9.17) is 18.9 Å². The highest BCUT2D eigenvalue weighted by atomic mass is 127. The number of hydrogen-bond acceptors (Lipinski definition) is 10. The Hall–Kier alpha value is -3.72. The Kier molecular flexibility index (Phi) is 8.70. The molecule has 0 spiro atoms. The number of nitro groups is 1. The summed E-state index contributed by atoms with van der Waals surface area (Å²) in [6, 6.07) is 7.39. The van der Waals surface area contributed by atoms with Crippen LogP contribution in [0.1, 0.15) is 31.0 Å². The quantitative estimate of drug-likeness (QED) is 0.147. The first kappa shape index (κ1) is 28.3. The molecule has 4 rings (SSSR count). The molecule has 1 aliphatic heterocycles. The van der Waals surface area contributed by atoms with Crippen LogP contribution >= 0.6 is 33.9 Å². The smallest absolute Gasteiger partial charge is 0.337 e. The highest BCUT2D eigenvalue weighted by Gasteiger charge is 2.31. The Bertz CT molecular complexity index is 1660. The molecule has 2 heterocycles. The van der Waals surface area contributed by atoms with E-state index in [0.717, 1.165) is 11.3 Å². The third kappa shape index (κ3) is 5.54. The van der Waals surface area contributed by atoms with Crippen LogP contribution < -0.4 is 29.1 Å². The number of rotatable bonds is 9. The van der Waals surface area contributed by atoms with Gasteiger partial charge in [0.15, 0.2) is 16.3 Å². The predicted octanol–water partition coefficient (Wildman–Crippen LogP) is 3.34. The lowest BCUT2D eigenvalue weighted by atomic mass is 9.97. The van der Waals surface area contributed by atoms with Crippen LogP contribution in [-0.2, 0) is 9.53 Å². The summed E-state index contributed by atoms with van der Waals surface area (Å²) >= 11 is 3.05. The normalized spacial score (nSPS) is 14.6. The molecular weight excluding hydrogens is 641 g/mol. The Morgan fingerprint density at radius 2 is 1.90 bits per heavy atom. The van der Waals surface area contributed by atoms with Gasteiger partial charge in [0.2, 0.25) is 5.75 Å². The van der Waals surface area contributed by atoms with Gasteiger partial charge in [-0.05, 0) is 71.8 Å². The second-order valence-electron chi connectivity index (χ2n) is 8.06. The van der Waals surface area contributed by atoms with Crippen molar-refractivity contribution in [3.05, 3.63) is 86.6 Å². The molecule has 11 nitrogen and oxygen atoms in total. The van der Waals surface area contributed by atoms with E-state index in [1.54, 1.807) is 30.3 Å². The Morgan fingerprint density at radius 1 is 1.18 bits per heavy atom. The molecule has 0 bridgehead atoms. The van der Waals surface area contributed by atoms with Crippen LogP contribution in [0.5, 0.6) is 17.2 Å². The maximum Gasteiger partial charge on any atom is 0.337 e. The van der Waals surface area contributed by atoms with Gasteiger partial charge >= 0.3 is 11.7 Å². The van der Waals surface area contributed by atoms with Crippen molar-refractivity contribution in [2.24, 2.45) is 4.99 Å². The number of hydrogen-bond donors (Lipinski definition) is 0. The summed E-state index contributed by atoms with van der Waals surface area (Å²) in [6.07, 6.45) is 2.95. The van der Waals surface area contributed by atoms with Crippen LogP contribution in [0.3, 0.4) is 0 Å². The molecule has 1 aromatic heterocycles. The van der Waals surface area contributed by atoms with E-state index < -0.39 is 22.5 Å². The third-order valence-electron chi connectivity index (χ3n) is 5.75. The van der Waals surface area contributed by atoms with Crippen molar-refractivity contribution >= 4 is 51.7 Å². The SMILES string of the molecule is CCOc1ccc([C@H]2C(C(=O)OC)=CN=c3s/c(=C\c4cc(I)c(OC)c([N+](=O)[O-])c4)c(=O)n32)cc1OCC. The average molecular weight is 665 g/mol. The van der Waals surface area contributed by atoms with Crippen molar-refractivity contribution in [2.75, 3.05) is 27.4 Å². The summed E-state index contributed by atoms with van der Waals surface area (Å²) in [6.45, 7) is 4.53. The first-order chi connectivity index (χ1) is 18.7. The molecule has 0 amide bonds. The van der Waals surface area contributed by atoms with Crippen LogP contribution in [0.4, 0.5) is 5.69 Å². The maximum atomic E-state index is 13.8. The first-order valence-corrected chi connectivity index (χ1v) is 13.6. The lowest BCUT2D eigenvalue weighted by Gasteiger charge is -2.23. The van der Waals surface area contributed by atoms with Gasteiger partial charge in [0.1, 0.15) is 0 Å². The second kappa shape index (κ2) is 12.0. The van der Waals surface area contributed by atoms with Gasteiger partial charge in [0, 0.05) is 12.3 Å². The molecule has 2 aromatic carbocycles. The molecule has 13 heteroatoms. The van der Waals surface area contributed by atoms with Crippen molar-refractivity contribution < 1.29 is 28.7 Å². The molecule has 1 atom stereocenters. The van der Waals surface area contributed by atoms with Crippen molar-refractivity contribution in [3.8, 4) is 17.2 Å². The van der Waals surface area contributed by atoms with Crippen LogP contribution in [0.25, 0.3) is 6.08 Å². The van der Waals surface area contributed by atoms with Gasteiger partial charge < -0.3 is 18.9 Å². The molecule has 0 radical (unpaired) electrons. The van der Waals surface area contributed by atoms with Crippen molar-refractivity contribution in [2.45, 2.75) is 19.9 Å². The number of benzene rings is 2. The van der Waals surface area contributed by atoms with Gasteiger partial charge in [-0.2, -0.15) is 0 Å². The molecule has 0 unspecified atom stereocenters. The number of esters is 1. The molecule has 0 saturated carbocycles. The molecule has 3 aromatic rings. The molecular formula is C26H24IN3O8S. The van der Waals surface area contributed by atoms with Crippen LogP contribution in [0.15, 0.2) is 51.9 Å². The summed E-state index contributed by atoms with van der Waals surface area (Å²) in [5.41, 5.74) is 0.569. The first-order valence-electron chi connectivity index (χ1n) is 11.7. The van der Waals surface area contributed by atoms with E-state index >= 15 is 0 Å². The second-order valence-corrected chi connectivity index (χ2v) is 10.2. The van der Waals surface area contributed by atoms with Crippen molar-refractivity contribution in [1.29, 1.82) is 0 Å². The molecule has 204 valence electrons. The van der Waals surface area contributed by atoms with Gasteiger partial charge in [0.25, 0.3) is 5.56 Å². The van der Waals surface area contributed by atoms with Crippen molar-refractivity contribution in [1.82, 2.24) is 4.57 Å². The molecule has 1 aliphatic rings. The monoisotopic (exact) mass is 665 g/mol. The zero-order valence-corrected chi connectivity index (χ0v) is 24.4. The number of nitro benzene ring substituents is 1. The van der Waals surface area contributed by atoms with Gasteiger partial charge in [0.05, 0.1) is 52.1 Å².